The van der Waals surface area contributed by atoms with Gasteiger partial charge in [0.15, 0.2) is 0 Å². The van der Waals surface area contributed by atoms with Crippen LogP contribution in [0.15, 0.2) is 12.3 Å². The van der Waals surface area contributed by atoms with Crippen molar-refractivity contribution in [3.05, 3.63) is 18.0 Å². The maximum Gasteiger partial charge on any atom is 0.326 e. The molecule has 6 nitrogen and oxygen atoms in total. The van der Waals surface area contributed by atoms with Gasteiger partial charge in [-0.05, 0) is 44.1 Å². The number of hydrogen-bond acceptors (Lipinski definition) is 3. The first-order valence-electron chi connectivity index (χ1n) is 9.26. The van der Waals surface area contributed by atoms with E-state index in [0.29, 0.717) is 24.1 Å². The molecule has 1 N–H and O–H groups in total. The molecule has 0 bridgehead atoms. The minimum absolute atomic E-state index is 0.0731. The van der Waals surface area contributed by atoms with Gasteiger partial charge in [-0.25, -0.2) is 4.79 Å². The second-order valence-electron chi connectivity index (χ2n) is 7.53. The van der Waals surface area contributed by atoms with E-state index in [2.05, 4.69) is 5.10 Å². The van der Waals surface area contributed by atoms with Gasteiger partial charge in [0, 0.05) is 12.2 Å². The van der Waals surface area contributed by atoms with Crippen LogP contribution in [0.3, 0.4) is 0 Å². The second-order valence-corrected chi connectivity index (χ2v) is 7.53. The Balaban J connectivity index is 1.58. The van der Waals surface area contributed by atoms with Gasteiger partial charge in [-0.2, -0.15) is 5.10 Å². The largest absolute Gasteiger partial charge is 0.480 e. The van der Waals surface area contributed by atoms with E-state index in [1.54, 1.807) is 11.0 Å². The van der Waals surface area contributed by atoms with Crippen LogP contribution in [0.4, 0.5) is 0 Å². The summed E-state index contributed by atoms with van der Waals surface area (Å²) in [6.45, 7) is 0. The van der Waals surface area contributed by atoms with Gasteiger partial charge in [0.25, 0.3) is 5.91 Å². The number of rotatable bonds is 3. The average molecular weight is 331 g/mol. The molecule has 1 aliphatic heterocycles. The maximum absolute atomic E-state index is 13.0. The number of aliphatic carboxylic acids is 1. The number of carbonyl (C=O) groups excluding carboxylic acids is 1. The number of aromatic nitrogens is 2. The number of carbonyl (C=O) groups is 2. The molecule has 2 heterocycles. The number of amides is 1. The van der Waals surface area contributed by atoms with Crippen LogP contribution in [-0.4, -0.2) is 43.7 Å². The standard InChI is InChI=1S/C18H25N3O3/c22-17(14-9-10-20(19-14)13-6-2-3-7-13)21-15-8-4-1-5-12(15)11-16(21)18(23)24/h9-10,12-13,15-16H,1-8,11H2,(H,23,24)/t12-,15-,16-/m0/s1. The van der Waals surface area contributed by atoms with Gasteiger partial charge in [0.05, 0.1) is 6.04 Å². The van der Waals surface area contributed by atoms with Gasteiger partial charge in [-0.15, -0.1) is 0 Å². The Kier molecular flexibility index (Phi) is 4.06. The zero-order valence-electron chi connectivity index (χ0n) is 13.9. The van der Waals surface area contributed by atoms with E-state index in [1.165, 1.54) is 12.8 Å². The molecule has 3 fully saturated rings. The number of fused-ring (bicyclic) bond motifs is 1. The summed E-state index contributed by atoms with van der Waals surface area (Å²) in [6.07, 6.45) is 11.3. The summed E-state index contributed by atoms with van der Waals surface area (Å²) in [6, 6.07) is 1.53. The third kappa shape index (κ3) is 2.62. The molecule has 4 rings (SSSR count). The van der Waals surface area contributed by atoms with Crippen molar-refractivity contribution in [3.8, 4) is 0 Å². The van der Waals surface area contributed by atoms with Gasteiger partial charge in [0.2, 0.25) is 0 Å². The predicted molar refractivity (Wildman–Crippen MR) is 87.7 cm³/mol. The third-order valence-corrected chi connectivity index (χ3v) is 6.13. The number of likely N-dealkylation sites (tertiary alicyclic amines) is 1. The topological polar surface area (TPSA) is 75.4 Å². The monoisotopic (exact) mass is 331 g/mol. The van der Waals surface area contributed by atoms with E-state index >= 15 is 0 Å². The Morgan fingerprint density at radius 3 is 2.54 bits per heavy atom. The second kappa shape index (κ2) is 6.22. The molecular formula is C18H25N3O3. The smallest absolute Gasteiger partial charge is 0.326 e. The summed E-state index contributed by atoms with van der Waals surface area (Å²) in [4.78, 5) is 26.4. The molecule has 2 aliphatic carbocycles. The minimum atomic E-state index is -0.882. The minimum Gasteiger partial charge on any atom is -0.480 e. The fourth-order valence-electron chi connectivity index (χ4n) is 4.93. The van der Waals surface area contributed by atoms with Crippen LogP contribution in [-0.2, 0) is 4.79 Å². The van der Waals surface area contributed by atoms with Crippen LogP contribution >= 0.6 is 0 Å². The van der Waals surface area contributed by atoms with Crippen LogP contribution in [0.1, 0.15) is 74.3 Å². The van der Waals surface area contributed by atoms with Crippen molar-refractivity contribution >= 4 is 11.9 Å². The van der Waals surface area contributed by atoms with E-state index < -0.39 is 12.0 Å². The fraction of sp³-hybridized carbons (Fsp3) is 0.722. The van der Waals surface area contributed by atoms with Crippen molar-refractivity contribution in [3.63, 3.8) is 0 Å². The number of carboxylic acids is 1. The van der Waals surface area contributed by atoms with Crippen LogP contribution in [0.25, 0.3) is 0 Å². The van der Waals surface area contributed by atoms with E-state index in [9.17, 15) is 14.7 Å². The zero-order valence-corrected chi connectivity index (χ0v) is 13.9. The quantitative estimate of drug-likeness (QED) is 0.924. The van der Waals surface area contributed by atoms with Crippen LogP contribution in [0, 0.1) is 5.92 Å². The number of hydrogen-bond donors (Lipinski definition) is 1. The Morgan fingerprint density at radius 1 is 1.08 bits per heavy atom. The normalized spacial score (nSPS) is 30.5. The Bertz CT molecular complexity index is 635. The summed E-state index contributed by atoms with van der Waals surface area (Å²) in [5.74, 6) is -0.748. The van der Waals surface area contributed by atoms with E-state index in [4.69, 9.17) is 0 Å². The molecule has 3 atom stereocenters. The van der Waals surface area contributed by atoms with Gasteiger partial charge < -0.3 is 10.0 Å². The molecule has 0 aromatic carbocycles. The SMILES string of the molecule is O=C(O)[C@@H]1C[C@@H]2CCCC[C@@H]2N1C(=O)c1ccn(C2CCCC2)n1. The molecule has 2 saturated carbocycles. The van der Waals surface area contributed by atoms with Gasteiger partial charge in [-0.1, -0.05) is 25.7 Å². The van der Waals surface area contributed by atoms with E-state index in [-0.39, 0.29) is 11.9 Å². The first-order valence-corrected chi connectivity index (χ1v) is 9.26. The molecular weight excluding hydrogens is 306 g/mol. The lowest BCUT2D eigenvalue weighted by Crippen LogP contribution is -2.46. The Hall–Kier alpha value is -1.85. The molecule has 1 aromatic heterocycles. The Labute approximate surface area is 141 Å². The number of carboxylic acid groups (broad SMARTS) is 1. The Morgan fingerprint density at radius 2 is 1.79 bits per heavy atom. The highest BCUT2D eigenvalue weighted by Crippen LogP contribution is 2.40. The summed E-state index contributed by atoms with van der Waals surface area (Å²) < 4.78 is 1.91. The van der Waals surface area contributed by atoms with Gasteiger partial charge in [0.1, 0.15) is 11.7 Å². The molecule has 1 saturated heterocycles. The van der Waals surface area contributed by atoms with Crippen LogP contribution < -0.4 is 0 Å². The van der Waals surface area contributed by atoms with Crippen molar-refractivity contribution in [1.82, 2.24) is 14.7 Å². The lowest BCUT2D eigenvalue weighted by molar-refractivity contribution is -0.141. The molecule has 3 aliphatic rings. The first-order chi connectivity index (χ1) is 11.6. The van der Waals surface area contributed by atoms with Crippen molar-refractivity contribution < 1.29 is 14.7 Å². The molecule has 0 unspecified atom stereocenters. The third-order valence-electron chi connectivity index (χ3n) is 6.13. The molecule has 1 amide bonds. The van der Waals surface area contributed by atoms with Crippen LogP contribution in [0.5, 0.6) is 0 Å². The molecule has 6 heteroatoms. The van der Waals surface area contributed by atoms with Crippen molar-refractivity contribution in [2.75, 3.05) is 0 Å². The van der Waals surface area contributed by atoms with Gasteiger partial charge >= 0.3 is 5.97 Å². The molecule has 24 heavy (non-hydrogen) atoms. The lowest BCUT2D eigenvalue weighted by Gasteiger charge is -2.32. The molecule has 1 aromatic rings. The fourth-order valence-corrected chi connectivity index (χ4v) is 4.93. The van der Waals surface area contributed by atoms with Crippen molar-refractivity contribution in [2.45, 2.75) is 75.9 Å². The molecule has 0 spiro atoms. The van der Waals surface area contributed by atoms with E-state index in [0.717, 1.165) is 38.5 Å². The van der Waals surface area contributed by atoms with Crippen molar-refractivity contribution in [1.29, 1.82) is 0 Å². The summed E-state index contributed by atoms with van der Waals surface area (Å²) in [5, 5.41) is 14.1. The van der Waals surface area contributed by atoms with E-state index in [1.807, 2.05) is 10.9 Å². The zero-order chi connectivity index (χ0) is 16.7. The number of nitrogens with zero attached hydrogens (tertiary/aromatic N) is 3. The first kappa shape index (κ1) is 15.7. The molecule has 0 radical (unpaired) electrons. The predicted octanol–water partition coefficient (Wildman–Crippen LogP) is 2.86. The maximum atomic E-state index is 13.0. The summed E-state index contributed by atoms with van der Waals surface area (Å²) >= 11 is 0. The highest BCUT2D eigenvalue weighted by atomic mass is 16.4. The highest BCUT2D eigenvalue weighted by Gasteiger charge is 2.48. The summed E-state index contributed by atoms with van der Waals surface area (Å²) in [5.41, 5.74) is 0.402. The van der Waals surface area contributed by atoms with Gasteiger partial charge in [-0.3, -0.25) is 9.48 Å². The van der Waals surface area contributed by atoms with Crippen LogP contribution in [0.2, 0.25) is 0 Å². The highest BCUT2D eigenvalue weighted by molar-refractivity contribution is 5.95. The average Bonchev–Trinajstić information content (AvgIpc) is 3.31. The van der Waals surface area contributed by atoms with Crippen molar-refractivity contribution in [2.24, 2.45) is 5.92 Å². The summed E-state index contributed by atoms with van der Waals surface area (Å²) in [7, 11) is 0. The molecule has 130 valence electrons. The lowest BCUT2D eigenvalue weighted by atomic mass is 9.84.